The van der Waals surface area contributed by atoms with Crippen molar-refractivity contribution in [2.45, 2.75) is 36.9 Å². The van der Waals surface area contributed by atoms with Gasteiger partial charge in [0, 0.05) is 13.1 Å². The van der Waals surface area contributed by atoms with Crippen molar-refractivity contribution in [3.8, 4) is 0 Å². The largest absolute Gasteiger partial charge is 0.310 e. The second kappa shape index (κ2) is 6.37. The summed E-state index contributed by atoms with van der Waals surface area (Å²) in [6.45, 7) is 6.78. The topological polar surface area (TPSA) is 42.7 Å². The molecule has 1 unspecified atom stereocenters. The Kier molecular flexibility index (Phi) is 4.77. The van der Waals surface area contributed by atoms with Crippen molar-refractivity contribution in [3.63, 3.8) is 0 Å². The van der Waals surface area contributed by atoms with E-state index in [0.29, 0.717) is 10.1 Å². The number of halogens is 1. The van der Waals surface area contributed by atoms with Crippen LogP contribution in [-0.4, -0.2) is 21.3 Å². The summed E-state index contributed by atoms with van der Waals surface area (Å²) in [6.07, 6.45) is 0. The molecule has 1 heterocycles. The molecule has 0 bridgehead atoms. The molecule has 1 aromatic carbocycles. The first-order valence-corrected chi connectivity index (χ1v) is 7.41. The summed E-state index contributed by atoms with van der Waals surface area (Å²) < 4.78 is 16.0. The normalized spacial score (nSPS) is 12.7. The summed E-state index contributed by atoms with van der Waals surface area (Å²) in [5, 5.41) is 12.1. The van der Waals surface area contributed by atoms with Crippen molar-refractivity contribution in [1.82, 2.24) is 20.1 Å². The van der Waals surface area contributed by atoms with E-state index >= 15 is 0 Å². The van der Waals surface area contributed by atoms with Crippen LogP contribution < -0.4 is 5.32 Å². The fourth-order valence-corrected chi connectivity index (χ4v) is 3.02. The Morgan fingerprint density at radius 1 is 1.40 bits per heavy atom. The molecule has 0 aliphatic carbocycles. The van der Waals surface area contributed by atoms with Gasteiger partial charge in [0.25, 0.3) is 0 Å². The van der Waals surface area contributed by atoms with Crippen LogP contribution in [0.3, 0.4) is 0 Å². The third kappa shape index (κ3) is 3.02. The van der Waals surface area contributed by atoms with Gasteiger partial charge in [0.05, 0.1) is 4.90 Å². The molecular weight excluding hydrogens is 275 g/mol. The van der Waals surface area contributed by atoms with Gasteiger partial charge < -0.3 is 9.88 Å². The number of nitrogens with one attached hydrogen (secondary N) is 1. The third-order valence-corrected chi connectivity index (χ3v) is 4.39. The van der Waals surface area contributed by atoms with Gasteiger partial charge in [0.15, 0.2) is 5.16 Å². The van der Waals surface area contributed by atoms with E-state index in [9.17, 15) is 4.39 Å². The number of aryl methyl sites for hydroxylation is 1. The van der Waals surface area contributed by atoms with E-state index in [-0.39, 0.29) is 11.9 Å². The first-order chi connectivity index (χ1) is 9.54. The Morgan fingerprint density at radius 2 is 2.15 bits per heavy atom. The molecule has 1 N–H and O–H groups in total. The highest BCUT2D eigenvalue weighted by Gasteiger charge is 2.17. The van der Waals surface area contributed by atoms with Crippen molar-refractivity contribution in [2.75, 3.05) is 6.54 Å². The van der Waals surface area contributed by atoms with Crippen LogP contribution in [0, 0.1) is 12.7 Å². The quantitative estimate of drug-likeness (QED) is 0.920. The van der Waals surface area contributed by atoms with E-state index in [4.69, 9.17) is 0 Å². The predicted molar refractivity (Wildman–Crippen MR) is 78.4 cm³/mol. The minimum atomic E-state index is -0.224. The summed E-state index contributed by atoms with van der Waals surface area (Å²) in [6, 6.07) is 5.26. The summed E-state index contributed by atoms with van der Waals surface area (Å²) >= 11 is 1.32. The molecule has 0 fully saturated rings. The lowest BCUT2D eigenvalue weighted by Gasteiger charge is -2.17. The zero-order chi connectivity index (χ0) is 14.7. The van der Waals surface area contributed by atoms with Gasteiger partial charge in [-0.3, -0.25) is 0 Å². The van der Waals surface area contributed by atoms with Crippen molar-refractivity contribution in [3.05, 3.63) is 35.4 Å². The Balaban J connectivity index is 2.37. The van der Waals surface area contributed by atoms with Gasteiger partial charge in [0.2, 0.25) is 0 Å². The van der Waals surface area contributed by atoms with Crippen molar-refractivity contribution >= 4 is 11.8 Å². The smallest absolute Gasteiger partial charge is 0.195 e. The average Bonchev–Trinajstić information content (AvgIpc) is 2.73. The second-order valence-corrected chi connectivity index (χ2v) is 5.61. The Bertz CT molecular complexity index is 597. The Hall–Kier alpha value is -1.40. The van der Waals surface area contributed by atoms with Crippen LogP contribution >= 0.6 is 11.8 Å². The highest BCUT2D eigenvalue weighted by atomic mass is 32.2. The summed E-state index contributed by atoms with van der Waals surface area (Å²) in [5.41, 5.74) is 0.942. The molecule has 0 radical (unpaired) electrons. The van der Waals surface area contributed by atoms with E-state index in [2.05, 4.69) is 15.5 Å². The first-order valence-electron chi connectivity index (χ1n) is 6.60. The fraction of sp³-hybridized carbons (Fsp3) is 0.429. The fourth-order valence-electron chi connectivity index (χ4n) is 1.96. The van der Waals surface area contributed by atoms with Gasteiger partial charge >= 0.3 is 0 Å². The number of hydrogen-bond acceptors (Lipinski definition) is 4. The highest BCUT2D eigenvalue weighted by molar-refractivity contribution is 7.99. The van der Waals surface area contributed by atoms with E-state index in [1.807, 2.05) is 38.5 Å². The minimum absolute atomic E-state index is 0.0903. The molecule has 0 aliphatic rings. The molecule has 0 amide bonds. The first kappa shape index (κ1) is 15.0. The molecule has 0 saturated heterocycles. The van der Waals surface area contributed by atoms with Crippen LogP contribution in [0.4, 0.5) is 4.39 Å². The average molecular weight is 294 g/mol. The maximum absolute atomic E-state index is 14.2. The zero-order valence-corrected chi connectivity index (χ0v) is 13.0. The van der Waals surface area contributed by atoms with Gasteiger partial charge in [-0.2, -0.15) is 0 Å². The van der Waals surface area contributed by atoms with E-state index < -0.39 is 0 Å². The van der Waals surface area contributed by atoms with Crippen LogP contribution in [-0.2, 0) is 7.05 Å². The van der Waals surface area contributed by atoms with Crippen molar-refractivity contribution in [2.24, 2.45) is 7.05 Å². The van der Waals surface area contributed by atoms with E-state index in [1.165, 1.54) is 17.8 Å². The molecule has 0 aliphatic heterocycles. The third-order valence-electron chi connectivity index (χ3n) is 3.22. The molecule has 1 atom stereocenters. The van der Waals surface area contributed by atoms with Crippen LogP contribution in [0.25, 0.3) is 0 Å². The van der Waals surface area contributed by atoms with Gasteiger partial charge in [-0.1, -0.05) is 19.1 Å². The van der Waals surface area contributed by atoms with Crippen LogP contribution in [0.15, 0.2) is 28.3 Å². The number of aromatic nitrogens is 3. The molecule has 0 spiro atoms. The second-order valence-electron chi connectivity index (χ2n) is 4.63. The SMILES string of the molecule is CCNC(C)c1cccc(F)c1Sc1nnc(C)n1C. The molecular formula is C14H19FN4S. The van der Waals surface area contributed by atoms with Gasteiger partial charge in [-0.15, -0.1) is 10.2 Å². The Morgan fingerprint density at radius 3 is 2.75 bits per heavy atom. The van der Waals surface area contributed by atoms with Crippen molar-refractivity contribution in [1.29, 1.82) is 0 Å². The lowest BCUT2D eigenvalue weighted by atomic mass is 10.1. The molecule has 1 aromatic heterocycles. The lowest BCUT2D eigenvalue weighted by Crippen LogP contribution is -2.18. The Labute approximate surface area is 122 Å². The van der Waals surface area contributed by atoms with E-state index in [0.717, 1.165) is 17.9 Å². The lowest BCUT2D eigenvalue weighted by molar-refractivity contribution is 0.557. The standard InChI is InChI=1S/C14H19FN4S/c1-5-16-9(2)11-7-6-8-12(15)13(11)20-14-18-17-10(3)19(14)4/h6-9,16H,5H2,1-4H3. The van der Waals surface area contributed by atoms with Crippen LogP contribution in [0.1, 0.15) is 31.3 Å². The van der Waals surface area contributed by atoms with Gasteiger partial charge in [-0.05, 0) is 43.8 Å². The summed E-state index contributed by atoms with van der Waals surface area (Å²) in [5.74, 6) is 0.586. The molecule has 6 heteroatoms. The van der Waals surface area contributed by atoms with Gasteiger partial charge in [-0.25, -0.2) is 4.39 Å². The maximum Gasteiger partial charge on any atom is 0.195 e. The number of hydrogen-bond donors (Lipinski definition) is 1. The molecule has 0 saturated carbocycles. The van der Waals surface area contributed by atoms with E-state index in [1.54, 1.807) is 6.07 Å². The van der Waals surface area contributed by atoms with Crippen molar-refractivity contribution < 1.29 is 4.39 Å². The maximum atomic E-state index is 14.2. The molecule has 2 rings (SSSR count). The monoisotopic (exact) mass is 294 g/mol. The number of benzene rings is 1. The highest BCUT2D eigenvalue weighted by Crippen LogP contribution is 2.34. The minimum Gasteiger partial charge on any atom is -0.310 e. The molecule has 20 heavy (non-hydrogen) atoms. The molecule has 108 valence electrons. The molecule has 2 aromatic rings. The summed E-state index contributed by atoms with van der Waals surface area (Å²) in [4.78, 5) is 0.608. The number of rotatable bonds is 5. The number of nitrogens with zero attached hydrogens (tertiary/aromatic N) is 3. The van der Waals surface area contributed by atoms with Crippen LogP contribution in [0.2, 0.25) is 0 Å². The summed E-state index contributed by atoms with van der Waals surface area (Å²) in [7, 11) is 1.88. The zero-order valence-electron chi connectivity index (χ0n) is 12.1. The predicted octanol–water partition coefficient (Wildman–Crippen LogP) is 3.08. The van der Waals surface area contributed by atoms with Gasteiger partial charge in [0.1, 0.15) is 11.6 Å². The van der Waals surface area contributed by atoms with Crippen LogP contribution in [0.5, 0.6) is 0 Å². The molecule has 4 nitrogen and oxygen atoms in total.